The van der Waals surface area contributed by atoms with Gasteiger partial charge in [-0.2, -0.15) is 0 Å². The van der Waals surface area contributed by atoms with Gasteiger partial charge in [0.2, 0.25) is 5.88 Å². The fourth-order valence-electron chi connectivity index (χ4n) is 0.850. The minimum atomic E-state index is -0.365. The summed E-state index contributed by atoms with van der Waals surface area (Å²) in [6.07, 6.45) is 1.30. The van der Waals surface area contributed by atoms with E-state index < -0.39 is 0 Å². The van der Waals surface area contributed by atoms with E-state index in [0.717, 1.165) is 4.47 Å². The first-order valence-corrected chi connectivity index (χ1v) is 4.85. The number of hydrogen-bond donors (Lipinski definition) is 0. The molecule has 0 aliphatic rings. The third kappa shape index (κ3) is 3.61. The molecule has 1 aromatic heterocycles. The van der Waals surface area contributed by atoms with Crippen LogP contribution in [0.5, 0.6) is 5.88 Å². The molecule has 1 aromatic rings. The van der Waals surface area contributed by atoms with Crippen molar-refractivity contribution in [2.45, 2.75) is 6.29 Å². The van der Waals surface area contributed by atoms with Gasteiger partial charge in [0.25, 0.3) is 0 Å². The van der Waals surface area contributed by atoms with Gasteiger partial charge in [0.05, 0.1) is 0 Å². The fourth-order valence-corrected chi connectivity index (χ4v) is 1.16. The third-order valence-electron chi connectivity index (χ3n) is 1.59. The standard InChI is InChI=1S/C9H12BrNO3/c1-12-9(13-2)6-14-8-5-7(10)3-4-11-8/h3-5,9H,6H2,1-2H3. The molecule has 0 saturated heterocycles. The maximum atomic E-state index is 5.34. The summed E-state index contributed by atoms with van der Waals surface area (Å²) < 4.78 is 16.2. The SMILES string of the molecule is COC(COc1cc(Br)ccn1)OC. The van der Waals surface area contributed by atoms with E-state index in [1.807, 2.05) is 6.07 Å². The number of rotatable bonds is 5. The zero-order valence-electron chi connectivity index (χ0n) is 8.07. The number of aromatic nitrogens is 1. The van der Waals surface area contributed by atoms with Crippen molar-refractivity contribution in [2.75, 3.05) is 20.8 Å². The summed E-state index contributed by atoms with van der Waals surface area (Å²) in [6.45, 7) is 0.316. The maximum absolute atomic E-state index is 5.34. The summed E-state index contributed by atoms with van der Waals surface area (Å²) in [7, 11) is 3.12. The van der Waals surface area contributed by atoms with Gasteiger partial charge >= 0.3 is 0 Å². The molecule has 4 nitrogen and oxygen atoms in total. The molecule has 78 valence electrons. The van der Waals surface area contributed by atoms with Crippen LogP contribution >= 0.6 is 15.9 Å². The van der Waals surface area contributed by atoms with E-state index >= 15 is 0 Å². The van der Waals surface area contributed by atoms with Crippen LogP contribution in [0.25, 0.3) is 0 Å². The number of pyridine rings is 1. The van der Waals surface area contributed by atoms with Crippen molar-refractivity contribution in [2.24, 2.45) is 0 Å². The normalized spacial score (nSPS) is 10.6. The number of ether oxygens (including phenoxy) is 3. The molecule has 0 radical (unpaired) electrons. The molecule has 14 heavy (non-hydrogen) atoms. The number of nitrogens with zero attached hydrogens (tertiary/aromatic N) is 1. The molecule has 0 bridgehead atoms. The zero-order chi connectivity index (χ0) is 10.4. The second-order valence-corrected chi connectivity index (χ2v) is 3.44. The van der Waals surface area contributed by atoms with E-state index in [0.29, 0.717) is 12.5 Å². The summed E-state index contributed by atoms with van der Waals surface area (Å²) in [6, 6.07) is 3.61. The second kappa shape index (κ2) is 5.95. The molecule has 0 atom stereocenters. The minimum Gasteiger partial charge on any atom is -0.472 e. The molecule has 0 unspecified atom stereocenters. The van der Waals surface area contributed by atoms with Gasteiger partial charge in [-0.15, -0.1) is 0 Å². The summed E-state index contributed by atoms with van der Waals surface area (Å²) in [5, 5.41) is 0. The van der Waals surface area contributed by atoms with Gasteiger partial charge in [0.15, 0.2) is 6.29 Å². The third-order valence-corrected chi connectivity index (χ3v) is 2.08. The predicted molar refractivity (Wildman–Crippen MR) is 55.2 cm³/mol. The van der Waals surface area contributed by atoms with Crippen LogP contribution in [0, 0.1) is 0 Å². The Labute approximate surface area is 91.3 Å². The summed E-state index contributed by atoms with van der Waals surface area (Å²) in [5.74, 6) is 0.540. The van der Waals surface area contributed by atoms with Crippen molar-refractivity contribution in [1.29, 1.82) is 0 Å². The van der Waals surface area contributed by atoms with Gasteiger partial charge in [-0.1, -0.05) is 15.9 Å². The molecule has 0 fully saturated rings. The van der Waals surface area contributed by atoms with Gasteiger partial charge in [0, 0.05) is 31.0 Å². The molecule has 0 saturated carbocycles. The van der Waals surface area contributed by atoms with Crippen molar-refractivity contribution in [3.8, 4) is 5.88 Å². The lowest BCUT2D eigenvalue weighted by atomic mass is 10.5. The molecule has 1 heterocycles. The van der Waals surface area contributed by atoms with E-state index in [9.17, 15) is 0 Å². The maximum Gasteiger partial charge on any atom is 0.214 e. The van der Waals surface area contributed by atoms with Gasteiger partial charge in [-0.25, -0.2) is 4.98 Å². The Bertz CT molecular complexity index is 279. The van der Waals surface area contributed by atoms with E-state index in [-0.39, 0.29) is 6.29 Å². The van der Waals surface area contributed by atoms with Crippen LogP contribution in [0.4, 0.5) is 0 Å². The van der Waals surface area contributed by atoms with Gasteiger partial charge < -0.3 is 14.2 Å². The number of halogens is 1. The van der Waals surface area contributed by atoms with E-state index in [1.54, 1.807) is 26.5 Å². The lowest BCUT2D eigenvalue weighted by molar-refractivity contribution is -0.122. The van der Waals surface area contributed by atoms with Crippen LogP contribution in [0.3, 0.4) is 0 Å². The molecule has 0 amide bonds. The summed E-state index contributed by atoms with van der Waals surface area (Å²) >= 11 is 3.32. The Hall–Kier alpha value is -0.650. The van der Waals surface area contributed by atoms with Crippen molar-refractivity contribution in [1.82, 2.24) is 4.98 Å². The van der Waals surface area contributed by atoms with Crippen LogP contribution in [0.1, 0.15) is 0 Å². The Balaban J connectivity index is 2.44. The van der Waals surface area contributed by atoms with Crippen LogP contribution < -0.4 is 4.74 Å². The molecule has 1 rings (SSSR count). The van der Waals surface area contributed by atoms with Gasteiger partial charge in [-0.05, 0) is 6.07 Å². The molecule has 0 aliphatic carbocycles. The first-order chi connectivity index (χ1) is 6.76. The van der Waals surface area contributed by atoms with E-state index in [4.69, 9.17) is 14.2 Å². The number of methoxy groups -OCH3 is 2. The van der Waals surface area contributed by atoms with Crippen molar-refractivity contribution < 1.29 is 14.2 Å². The van der Waals surface area contributed by atoms with E-state index in [2.05, 4.69) is 20.9 Å². The largest absolute Gasteiger partial charge is 0.472 e. The minimum absolute atomic E-state index is 0.316. The highest BCUT2D eigenvalue weighted by Crippen LogP contribution is 2.14. The predicted octanol–water partition coefficient (Wildman–Crippen LogP) is 1.84. The number of hydrogen-bond acceptors (Lipinski definition) is 4. The lowest BCUT2D eigenvalue weighted by Crippen LogP contribution is -2.22. The zero-order valence-corrected chi connectivity index (χ0v) is 9.65. The Morgan fingerprint density at radius 1 is 1.43 bits per heavy atom. The molecule has 0 N–H and O–H groups in total. The molecular formula is C9H12BrNO3. The van der Waals surface area contributed by atoms with Crippen LogP contribution in [-0.2, 0) is 9.47 Å². The fraction of sp³-hybridized carbons (Fsp3) is 0.444. The Morgan fingerprint density at radius 2 is 2.14 bits per heavy atom. The topological polar surface area (TPSA) is 40.6 Å². The first-order valence-electron chi connectivity index (χ1n) is 4.06. The van der Waals surface area contributed by atoms with Crippen molar-refractivity contribution >= 4 is 15.9 Å². The average molecular weight is 262 g/mol. The highest BCUT2D eigenvalue weighted by atomic mass is 79.9. The molecule has 0 aliphatic heterocycles. The van der Waals surface area contributed by atoms with Crippen LogP contribution in [0.2, 0.25) is 0 Å². The average Bonchev–Trinajstić information content (AvgIpc) is 2.19. The highest BCUT2D eigenvalue weighted by molar-refractivity contribution is 9.10. The summed E-state index contributed by atoms with van der Waals surface area (Å²) in [4.78, 5) is 4.02. The smallest absolute Gasteiger partial charge is 0.214 e. The van der Waals surface area contributed by atoms with Gasteiger partial charge in [-0.3, -0.25) is 0 Å². The Morgan fingerprint density at radius 3 is 2.71 bits per heavy atom. The molecular weight excluding hydrogens is 250 g/mol. The summed E-state index contributed by atoms with van der Waals surface area (Å²) in [5.41, 5.74) is 0. The van der Waals surface area contributed by atoms with Crippen molar-refractivity contribution in [3.05, 3.63) is 22.8 Å². The highest BCUT2D eigenvalue weighted by Gasteiger charge is 2.06. The lowest BCUT2D eigenvalue weighted by Gasteiger charge is -2.13. The Kier molecular flexibility index (Phi) is 4.86. The molecule has 0 aromatic carbocycles. The monoisotopic (exact) mass is 261 g/mol. The van der Waals surface area contributed by atoms with Crippen molar-refractivity contribution in [3.63, 3.8) is 0 Å². The van der Waals surface area contributed by atoms with E-state index in [1.165, 1.54) is 0 Å². The molecule has 0 spiro atoms. The first kappa shape index (κ1) is 11.4. The van der Waals surface area contributed by atoms with Crippen LogP contribution in [-0.4, -0.2) is 32.1 Å². The quantitative estimate of drug-likeness (QED) is 0.759. The van der Waals surface area contributed by atoms with Gasteiger partial charge in [0.1, 0.15) is 6.61 Å². The second-order valence-electron chi connectivity index (χ2n) is 2.52. The van der Waals surface area contributed by atoms with Crippen LogP contribution in [0.15, 0.2) is 22.8 Å². The molecule has 5 heteroatoms.